The summed E-state index contributed by atoms with van der Waals surface area (Å²) in [7, 11) is 5.65. The molecule has 1 aromatic rings. The number of nitrogens with zero attached hydrogens (tertiary/aromatic N) is 1. The first kappa shape index (κ1) is 15.6. The van der Waals surface area contributed by atoms with E-state index < -0.39 is 0 Å². The lowest BCUT2D eigenvalue weighted by Crippen LogP contribution is -2.50. The number of amides is 1. The molecule has 116 valence electrons. The van der Waals surface area contributed by atoms with E-state index in [0.717, 1.165) is 12.8 Å². The first-order valence-electron chi connectivity index (χ1n) is 7.31. The number of aromatic hydroxyl groups is 1. The first-order valence-corrected chi connectivity index (χ1v) is 7.31. The van der Waals surface area contributed by atoms with E-state index >= 15 is 0 Å². The molecule has 21 heavy (non-hydrogen) atoms. The Kier molecular flexibility index (Phi) is 4.73. The quantitative estimate of drug-likeness (QED) is 0.871. The van der Waals surface area contributed by atoms with Crippen LogP contribution in [-0.4, -0.2) is 49.2 Å². The molecule has 1 aliphatic carbocycles. The molecule has 1 amide bonds. The molecule has 2 N–H and O–H groups in total. The van der Waals surface area contributed by atoms with Crippen LogP contribution in [-0.2, 0) is 0 Å². The highest BCUT2D eigenvalue weighted by Crippen LogP contribution is 2.33. The average Bonchev–Trinajstić information content (AvgIpc) is 2.95. The third-order valence-electron chi connectivity index (χ3n) is 4.51. The molecule has 0 heterocycles. The third-order valence-corrected chi connectivity index (χ3v) is 4.51. The number of benzene rings is 1. The van der Waals surface area contributed by atoms with Crippen LogP contribution in [0, 0.1) is 0 Å². The van der Waals surface area contributed by atoms with Crippen LogP contribution in [0.1, 0.15) is 36.0 Å². The largest absolute Gasteiger partial charge is 0.507 e. The van der Waals surface area contributed by atoms with E-state index in [9.17, 15) is 9.90 Å². The number of likely N-dealkylation sites (N-methyl/N-ethyl adjacent to an activating group) is 1. The smallest absolute Gasteiger partial charge is 0.255 e. The maximum Gasteiger partial charge on any atom is 0.255 e. The van der Waals surface area contributed by atoms with Crippen molar-refractivity contribution in [3.63, 3.8) is 0 Å². The topological polar surface area (TPSA) is 61.8 Å². The molecule has 0 saturated heterocycles. The van der Waals surface area contributed by atoms with Crippen molar-refractivity contribution in [3.8, 4) is 11.5 Å². The molecule has 0 bridgehead atoms. The number of ether oxygens (including phenoxy) is 1. The van der Waals surface area contributed by atoms with E-state index in [2.05, 4.69) is 24.3 Å². The van der Waals surface area contributed by atoms with Crippen LogP contribution in [0.25, 0.3) is 0 Å². The van der Waals surface area contributed by atoms with E-state index in [4.69, 9.17) is 4.74 Å². The summed E-state index contributed by atoms with van der Waals surface area (Å²) in [6, 6.07) is 4.66. The van der Waals surface area contributed by atoms with Gasteiger partial charge in [-0.05, 0) is 45.1 Å². The van der Waals surface area contributed by atoms with E-state index in [0.29, 0.717) is 12.3 Å². The second kappa shape index (κ2) is 6.35. The van der Waals surface area contributed by atoms with Gasteiger partial charge in [-0.25, -0.2) is 0 Å². The summed E-state index contributed by atoms with van der Waals surface area (Å²) in [6.45, 7) is 0.593. The molecule has 1 saturated carbocycles. The Balaban J connectivity index is 2.08. The Labute approximate surface area is 125 Å². The molecule has 1 fully saturated rings. The minimum atomic E-state index is -0.264. The van der Waals surface area contributed by atoms with Crippen LogP contribution >= 0.6 is 0 Å². The van der Waals surface area contributed by atoms with Crippen molar-refractivity contribution >= 4 is 5.91 Å². The molecule has 0 radical (unpaired) electrons. The number of hydrogen-bond donors (Lipinski definition) is 2. The molecule has 1 aliphatic rings. The zero-order valence-electron chi connectivity index (χ0n) is 13.0. The van der Waals surface area contributed by atoms with Gasteiger partial charge in [-0.3, -0.25) is 4.79 Å². The van der Waals surface area contributed by atoms with Gasteiger partial charge in [-0.15, -0.1) is 0 Å². The number of hydrogen-bond acceptors (Lipinski definition) is 4. The fraction of sp³-hybridized carbons (Fsp3) is 0.562. The standard InChI is InChI=1S/C16H24N2O3/c1-18(2)16(8-4-5-9-16)11-17-15(20)13-10-12(21-3)6-7-14(13)19/h6-7,10,19H,4-5,8-9,11H2,1-3H3,(H,17,20). The molecule has 1 aromatic carbocycles. The maximum atomic E-state index is 12.3. The van der Waals surface area contributed by atoms with Gasteiger partial charge in [0.25, 0.3) is 5.91 Å². The van der Waals surface area contributed by atoms with Crippen molar-refractivity contribution in [2.24, 2.45) is 0 Å². The number of carbonyl (C=O) groups is 1. The first-order chi connectivity index (χ1) is 9.98. The summed E-state index contributed by atoms with van der Waals surface area (Å²) in [4.78, 5) is 14.5. The van der Waals surface area contributed by atoms with E-state index in [1.165, 1.54) is 26.0 Å². The van der Waals surface area contributed by atoms with Crippen molar-refractivity contribution < 1.29 is 14.6 Å². The highest BCUT2D eigenvalue weighted by Gasteiger charge is 2.36. The summed E-state index contributed by atoms with van der Waals surface area (Å²) in [5.74, 6) is 0.263. The van der Waals surface area contributed by atoms with Crippen LogP contribution in [0.3, 0.4) is 0 Å². The van der Waals surface area contributed by atoms with Crippen molar-refractivity contribution in [1.29, 1.82) is 0 Å². The highest BCUT2D eigenvalue weighted by molar-refractivity contribution is 5.97. The molecular weight excluding hydrogens is 268 g/mol. The number of nitrogens with one attached hydrogen (secondary N) is 1. The van der Waals surface area contributed by atoms with Crippen molar-refractivity contribution in [3.05, 3.63) is 23.8 Å². The van der Waals surface area contributed by atoms with Gasteiger partial charge in [0.15, 0.2) is 0 Å². The molecule has 5 nitrogen and oxygen atoms in total. The lowest BCUT2D eigenvalue weighted by Gasteiger charge is -2.36. The number of carbonyl (C=O) groups excluding carboxylic acids is 1. The summed E-state index contributed by atoms with van der Waals surface area (Å²) < 4.78 is 5.10. The number of phenols is 1. The number of rotatable bonds is 5. The molecule has 5 heteroatoms. The maximum absolute atomic E-state index is 12.3. The van der Waals surface area contributed by atoms with Gasteiger partial charge in [0.1, 0.15) is 11.5 Å². The van der Waals surface area contributed by atoms with Gasteiger partial charge in [0.2, 0.25) is 0 Å². The Hall–Kier alpha value is -1.75. The Morgan fingerprint density at radius 2 is 2.05 bits per heavy atom. The minimum Gasteiger partial charge on any atom is -0.507 e. The molecule has 0 spiro atoms. The zero-order chi connectivity index (χ0) is 15.5. The molecule has 2 rings (SSSR count). The third kappa shape index (κ3) is 3.29. The lowest BCUT2D eigenvalue weighted by atomic mass is 9.96. The fourth-order valence-corrected chi connectivity index (χ4v) is 2.98. The summed E-state index contributed by atoms with van der Waals surface area (Å²) in [6.07, 6.45) is 4.56. The van der Waals surface area contributed by atoms with Gasteiger partial charge < -0.3 is 20.1 Å². The van der Waals surface area contributed by atoms with Crippen LogP contribution in [0.5, 0.6) is 11.5 Å². The van der Waals surface area contributed by atoms with Gasteiger partial charge >= 0.3 is 0 Å². The number of methoxy groups -OCH3 is 1. The fourth-order valence-electron chi connectivity index (χ4n) is 2.98. The van der Waals surface area contributed by atoms with Gasteiger partial charge in [0.05, 0.1) is 12.7 Å². The van der Waals surface area contributed by atoms with E-state index in [1.54, 1.807) is 12.1 Å². The molecule has 0 unspecified atom stereocenters. The molecule has 0 atom stereocenters. The molecular formula is C16H24N2O3. The second-order valence-electron chi connectivity index (χ2n) is 5.89. The van der Waals surface area contributed by atoms with Gasteiger partial charge in [0, 0.05) is 12.1 Å². The van der Waals surface area contributed by atoms with Gasteiger partial charge in [-0.2, -0.15) is 0 Å². The van der Waals surface area contributed by atoms with Gasteiger partial charge in [-0.1, -0.05) is 12.8 Å². The summed E-state index contributed by atoms with van der Waals surface area (Å²) >= 11 is 0. The van der Waals surface area contributed by atoms with Crippen LogP contribution in [0.15, 0.2) is 18.2 Å². The Morgan fingerprint density at radius 3 is 2.62 bits per heavy atom. The zero-order valence-corrected chi connectivity index (χ0v) is 13.0. The van der Waals surface area contributed by atoms with Crippen molar-refractivity contribution in [2.75, 3.05) is 27.7 Å². The predicted molar refractivity (Wildman–Crippen MR) is 81.9 cm³/mol. The highest BCUT2D eigenvalue weighted by atomic mass is 16.5. The minimum absolute atomic E-state index is 0.0291. The molecule has 0 aromatic heterocycles. The summed E-state index contributed by atoms with van der Waals surface area (Å²) in [5, 5.41) is 12.8. The van der Waals surface area contributed by atoms with Crippen LogP contribution in [0.4, 0.5) is 0 Å². The SMILES string of the molecule is COc1ccc(O)c(C(=O)NCC2(N(C)C)CCCC2)c1. The van der Waals surface area contributed by atoms with E-state index in [-0.39, 0.29) is 22.8 Å². The Bertz CT molecular complexity index is 508. The number of phenolic OH excluding ortho intramolecular Hbond substituents is 1. The second-order valence-corrected chi connectivity index (χ2v) is 5.89. The summed E-state index contributed by atoms with van der Waals surface area (Å²) in [5.41, 5.74) is 0.283. The average molecular weight is 292 g/mol. The lowest BCUT2D eigenvalue weighted by molar-refractivity contribution is 0.0897. The Morgan fingerprint density at radius 1 is 1.38 bits per heavy atom. The van der Waals surface area contributed by atoms with E-state index in [1.807, 2.05) is 0 Å². The van der Waals surface area contributed by atoms with Crippen molar-refractivity contribution in [2.45, 2.75) is 31.2 Å². The molecule has 0 aliphatic heterocycles. The predicted octanol–water partition coefficient (Wildman–Crippen LogP) is 2.00. The normalized spacial score (nSPS) is 17.0. The van der Waals surface area contributed by atoms with Crippen molar-refractivity contribution in [1.82, 2.24) is 10.2 Å². The monoisotopic (exact) mass is 292 g/mol. The van der Waals surface area contributed by atoms with Crippen LogP contribution in [0.2, 0.25) is 0 Å². The van der Waals surface area contributed by atoms with Crippen LogP contribution < -0.4 is 10.1 Å².